The quantitative estimate of drug-likeness (QED) is 0.652. The normalized spacial score (nSPS) is 16.3. The molecule has 0 aromatic carbocycles. The van der Waals surface area contributed by atoms with Crippen LogP contribution in [0.2, 0.25) is 0 Å². The van der Waals surface area contributed by atoms with Crippen LogP contribution in [-0.4, -0.2) is 52.5 Å². The van der Waals surface area contributed by atoms with E-state index in [2.05, 4.69) is 25.5 Å². The Labute approximate surface area is 148 Å². The number of fused-ring (bicyclic) bond motifs is 1. The van der Waals surface area contributed by atoms with Crippen LogP contribution in [0.15, 0.2) is 21.6 Å². The summed E-state index contributed by atoms with van der Waals surface area (Å²) < 4.78 is 29.6. The van der Waals surface area contributed by atoms with E-state index in [-0.39, 0.29) is 28.9 Å². The van der Waals surface area contributed by atoms with Crippen molar-refractivity contribution in [2.75, 3.05) is 19.3 Å². The van der Waals surface area contributed by atoms with Crippen molar-refractivity contribution in [3.05, 3.63) is 34.1 Å². The fraction of sp³-hybridized carbons (Fsp3) is 0.467. The van der Waals surface area contributed by atoms with E-state index in [9.17, 15) is 13.2 Å². The van der Waals surface area contributed by atoms with Gasteiger partial charge in [-0.1, -0.05) is 5.16 Å². The predicted octanol–water partition coefficient (Wildman–Crippen LogP) is 0.0842. The van der Waals surface area contributed by atoms with Gasteiger partial charge in [0.2, 0.25) is 0 Å². The summed E-state index contributed by atoms with van der Waals surface area (Å²) in [6.45, 7) is 1.79. The molecule has 4 heterocycles. The Hall–Kier alpha value is -2.53. The molecule has 26 heavy (non-hydrogen) atoms. The van der Waals surface area contributed by atoms with Gasteiger partial charge in [0, 0.05) is 18.2 Å². The standard InChI is InChI=1S/C15H18N6O4S/c1-26(23,24)8-12-18-15(25-20-12)10-7-17-21-11(6-13(22)19-14(10)21)9-2-4-16-5-3-9/h6-7,9,16H,2-5,8H2,1H3,(H,19,22). The van der Waals surface area contributed by atoms with Crippen molar-refractivity contribution in [3.8, 4) is 11.5 Å². The maximum atomic E-state index is 12.2. The van der Waals surface area contributed by atoms with E-state index in [1.807, 2.05) is 0 Å². The molecule has 3 aromatic heterocycles. The molecule has 2 N–H and O–H groups in total. The van der Waals surface area contributed by atoms with Gasteiger partial charge in [0.25, 0.3) is 11.4 Å². The molecular weight excluding hydrogens is 360 g/mol. The van der Waals surface area contributed by atoms with Gasteiger partial charge in [-0.05, 0) is 25.9 Å². The van der Waals surface area contributed by atoms with Crippen molar-refractivity contribution in [1.29, 1.82) is 0 Å². The molecule has 1 aliphatic rings. The molecule has 0 amide bonds. The van der Waals surface area contributed by atoms with Crippen LogP contribution >= 0.6 is 0 Å². The van der Waals surface area contributed by atoms with Gasteiger partial charge in [-0.15, -0.1) is 0 Å². The zero-order valence-corrected chi connectivity index (χ0v) is 14.9. The highest BCUT2D eigenvalue weighted by atomic mass is 32.2. The number of aromatic amines is 1. The van der Waals surface area contributed by atoms with Gasteiger partial charge < -0.3 is 14.8 Å². The third-order valence-corrected chi connectivity index (χ3v) is 5.16. The molecule has 0 saturated carbocycles. The largest absolute Gasteiger partial charge is 0.334 e. The monoisotopic (exact) mass is 378 g/mol. The topological polar surface area (TPSA) is 135 Å². The van der Waals surface area contributed by atoms with E-state index in [0.717, 1.165) is 37.9 Å². The minimum atomic E-state index is -3.27. The van der Waals surface area contributed by atoms with Crippen LogP contribution < -0.4 is 10.9 Å². The first-order valence-corrected chi connectivity index (χ1v) is 10.3. The van der Waals surface area contributed by atoms with Crippen LogP contribution in [0.25, 0.3) is 17.1 Å². The molecule has 0 unspecified atom stereocenters. The van der Waals surface area contributed by atoms with Gasteiger partial charge in [0.05, 0.1) is 11.9 Å². The highest BCUT2D eigenvalue weighted by molar-refractivity contribution is 7.89. The molecule has 138 valence electrons. The van der Waals surface area contributed by atoms with Gasteiger partial charge >= 0.3 is 0 Å². The molecular formula is C15H18N6O4S. The third kappa shape index (κ3) is 3.27. The number of nitrogens with one attached hydrogen (secondary N) is 2. The number of sulfone groups is 1. The summed E-state index contributed by atoms with van der Waals surface area (Å²) in [4.78, 5) is 19.0. The molecule has 0 atom stereocenters. The summed E-state index contributed by atoms with van der Waals surface area (Å²) in [6, 6.07) is 1.57. The molecule has 0 spiro atoms. The number of nitrogens with zero attached hydrogens (tertiary/aromatic N) is 4. The Bertz CT molecular complexity index is 1110. The van der Waals surface area contributed by atoms with Gasteiger partial charge in [0.15, 0.2) is 15.7 Å². The van der Waals surface area contributed by atoms with E-state index in [1.165, 1.54) is 6.20 Å². The molecule has 0 aliphatic carbocycles. The van der Waals surface area contributed by atoms with Crippen LogP contribution in [0.4, 0.5) is 0 Å². The van der Waals surface area contributed by atoms with Crippen molar-refractivity contribution >= 4 is 15.5 Å². The van der Waals surface area contributed by atoms with Crippen LogP contribution in [0.3, 0.4) is 0 Å². The van der Waals surface area contributed by atoms with E-state index in [0.29, 0.717) is 11.2 Å². The molecule has 1 aliphatic heterocycles. The number of aromatic nitrogens is 5. The lowest BCUT2D eigenvalue weighted by Gasteiger charge is -2.23. The molecule has 1 fully saturated rings. The molecule has 0 radical (unpaired) electrons. The second kappa shape index (κ2) is 6.32. The number of hydrogen-bond acceptors (Lipinski definition) is 8. The first-order valence-electron chi connectivity index (χ1n) is 8.23. The lowest BCUT2D eigenvalue weighted by Crippen LogP contribution is -2.28. The number of rotatable bonds is 4. The number of piperidine rings is 1. The summed E-state index contributed by atoms with van der Waals surface area (Å²) in [5.74, 6) is 0.111. The fourth-order valence-corrected chi connectivity index (χ4v) is 3.82. The lowest BCUT2D eigenvalue weighted by molar-refractivity contribution is 0.424. The van der Waals surface area contributed by atoms with Gasteiger partial charge in [-0.3, -0.25) is 4.79 Å². The number of hydrogen-bond donors (Lipinski definition) is 2. The summed E-state index contributed by atoms with van der Waals surface area (Å²) >= 11 is 0. The molecule has 1 saturated heterocycles. The summed E-state index contributed by atoms with van der Waals surface area (Å²) in [5, 5.41) is 11.4. The average molecular weight is 378 g/mol. The maximum absolute atomic E-state index is 12.2. The van der Waals surface area contributed by atoms with E-state index in [1.54, 1.807) is 10.6 Å². The molecule has 4 rings (SSSR count). The molecule has 11 heteroatoms. The zero-order chi connectivity index (χ0) is 18.3. The van der Waals surface area contributed by atoms with Crippen LogP contribution in [0.1, 0.15) is 30.3 Å². The van der Waals surface area contributed by atoms with Crippen molar-refractivity contribution in [1.82, 2.24) is 30.1 Å². The summed E-state index contributed by atoms with van der Waals surface area (Å²) in [5.41, 5.74) is 1.53. The van der Waals surface area contributed by atoms with Crippen molar-refractivity contribution in [2.45, 2.75) is 24.5 Å². The van der Waals surface area contributed by atoms with Crippen LogP contribution in [0.5, 0.6) is 0 Å². The van der Waals surface area contributed by atoms with Gasteiger partial charge in [-0.25, -0.2) is 12.9 Å². The van der Waals surface area contributed by atoms with E-state index < -0.39 is 9.84 Å². The Balaban J connectivity index is 1.78. The highest BCUT2D eigenvalue weighted by Crippen LogP contribution is 2.27. The third-order valence-electron chi connectivity index (χ3n) is 4.38. The summed E-state index contributed by atoms with van der Waals surface area (Å²) in [6.07, 6.45) is 4.48. The maximum Gasteiger partial charge on any atom is 0.263 e. The van der Waals surface area contributed by atoms with Crippen molar-refractivity contribution in [2.24, 2.45) is 0 Å². The Morgan fingerprint density at radius 3 is 2.85 bits per heavy atom. The van der Waals surface area contributed by atoms with Crippen molar-refractivity contribution in [3.63, 3.8) is 0 Å². The average Bonchev–Trinajstić information content (AvgIpc) is 3.20. The lowest BCUT2D eigenvalue weighted by atomic mass is 9.94. The van der Waals surface area contributed by atoms with Gasteiger partial charge in [-0.2, -0.15) is 10.1 Å². The minimum Gasteiger partial charge on any atom is -0.334 e. The smallest absolute Gasteiger partial charge is 0.263 e. The molecule has 0 bridgehead atoms. The number of H-pyrrole nitrogens is 1. The summed E-state index contributed by atoms with van der Waals surface area (Å²) in [7, 11) is -3.27. The fourth-order valence-electron chi connectivity index (χ4n) is 3.23. The molecule has 3 aromatic rings. The van der Waals surface area contributed by atoms with Crippen molar-refractivity contribution < 1.29 is 12.9 Å². The highest BCUT2D eigenvalue weighted by Gasteiger charge is 2.23. The van der Waals surface area contributed by atoms with Crippen LogP contribution in [-0.2, 0) is 15.6 Å². The first-order chi connectivity index (χ1) is 12.4. The van der Waals surface area contributed by atoms with Gasteiger partial charge in [0.1, 0.15) is 17.0 Å². The minimum absolute atomic E-state index is 0.0682. The second-order valence-corrected chi connectivity index (χ2v) is 8.63. The zero-order valence-electron chi connectivity index (χ0n) is 14.1. The van der Waals surface area contributed by atoms with E-state index >= 15 is 0 Å². The van der Waals surface area contributed by atoms with Crippen LogP contribution in [0, 0.1) is 0 Å². The van der Waals surface area contributed by atoms with E-state index in [4.69, 9.17) is 4.52 Å². The Morgan fingerprint density at radius 1 is 1.35 bits per heavy atom. The second-order valence-electron chi connectivity index (χ2n) is 6.49. The Morgan fingerprint density at radius 2 is 2.12 bits per heavy atom. The molecule has 10 nitrogen and oxygen atoms in total. The predicted molar refractivity (Wildman–Crippen MR) is 92.5 cm³/mol. The first kappa shape index (κ1) is 16.9. The Kier molecular flexibility index (Phi) is 4.11. The SMILES string of the molecule is CS(=O)(=O)Cc1noc(-c2cnn3c(C4CCNCC4)cc(=O)[nH]c23)n1.